The van der Waals surface area contributed by atoms with Crippen molar-refractivity contribution in [3.05, 3.63) is 23.3 Å². The number of nitrogens with zero attached hydrogens (tertiary/aromatic N) is 1. The molecular weight excluding hydrogens is 264 g/mol. The van der Waals surface area contributed by atoms with Gasteiger partial charge in [0.1, 0.15) is 0 Å². The third-order valence-corrected chi connectivity index (χ3v) is 5.61. The standard InChI is InChI=1S/C13H20N2O3S/c1-9-7-12(14)10(2)13(8-9)19(17,18)15-5-3-11(16)4-6-15/h7-8,11,16H,3-6,14H2,1-2H3. The summed E-state index contributed by atoms with van der Waals surface area (Å²) in [7, 11) is -3.52. The predicted molar refractivity (Wildman–Crippen MR) is 74.3 cm³/mol. The fourth-order valence-corrected chi connectivity index (χ4v) is 4.15. The van der Waals surface area contributed by atoms with Crippen molar-refractivity contribution in [3.8, 4) is 0 Å². The van der Waals surface area contributed by atoms with Crippen LogP contribution in [0.1, 0.15) is 24.0 Å². The number of aryl methyl sites for hydroxylation is 1. The lowest BCUT2D eigenvalue weighted by molar-refractivity contribution is 0.113. The van der Waals surface area contributed by atoms with E-state index in [2.05, 4.69) is 0 Å². The molecule has 1 aromatic rings. The molecule has 1 aliphatic heterocycles. The molecule has 0 bridgehead atoms. The first-order valence-corrected chi connectivity index (χ1v) is 7.81. The zero-order chi connectivity index (χ0) is 14.2. The van der Waals surface area contributed by atoms with Crippen molar-refractivity contribution in [2.24, 2.45) is 0 Å². The number of aliphatic hydroxyl groups is 1. The smallest absolute Gasteiger partial charge is 0.243 e. The second-order valence-electron chi connectivity index (χ2n) is 5.11. The molecule has 0 radical (unpaired) electrons. The topological polar surface area (TPSA) is 83.6 Å². The SMILES string of the molecule is Cc1cc(N)c(C)c(S(=O)(=O)N2CCC(O)CC2)c1. The molecule has 0 atom stereocenters. The number of hydrogen-bond acceptors (Lipinski definition) is 4. The van der Waals surface area contributed by atoms with E-state index in [1.54, 1.807) is 19.1 Å². The molecule has 1 heterocycles. The van der Waals surface area contributed by atoms with Gasteiger partial charge in [0.15, 0.2) is 0 Å². The van der Waals surface area contributed by atoms with Gasteiger partial charge in [-0.15, -0.1) is 0 Å². The Morgan fingerprint density at radius 2 is 1.84 bits per heavy atom. The molecule has 0 unspecified atom stereocenters. The molecule has 0 spiro atoms. The highest BCUT2D eigenvalue weighted by Crippen LogP contribution is 2.27. The minimum absolute atomic E-state index is 0.279. The summed E-state index contributed by atoms with van der Waals surface area (Å²) in [5, 5.41) is 9.46. The molecule has 2 rings (SSSR count). The monoisotopic (exact) mass is 284 g/mol. The van der Waals surface area contributed by atoms with Gasteiger partial charge in [-0.05, 0) is 49.9 Å². The second kappa shape index (κ2) is 5.11. The van der Waals surface area contributed by atoms with Crippen LogP contribution in [0.15, 0.2) is 17.0 Å². The molecule has 1 aliphatic rings. The van der Waals surface area contributed by atoms with Crippen molar-refractivity contribution in [2.45, 2.75) is 37.7 Å². The fraction of sp³-hybridized carbons (Fsp3) is 0.538. The summed E-state index contributed by atoms with van der Waals surface area (Å²) in [6.07, 6.45) is 0.578. The molecule has 5 nitrogen and oxygen atoms in total. The molecule has 0 saturated carbocycles. The van der Waals surface area contributed by atoms with Crippen molar-refractivity contribution in [2.75, 3.05) is 18.8 Å². The molecule has 1 saturated heterocycles. The van der Waals surface area contributed by atoms with E-state index < -0.39 is 16.1 Å². The van der Waals surface area contributed by atoms with Crippen molar-refractivity contribution in [1.29, 1.82) is 0 Å². The van der Waals surface area contributed by atoms with Crippen LogP contribution in [-0.2, 0) is 10.0 Å². The number of nitrogens with two attached hydrogens (primary N) is 1. The van der Waals surface area contributed by atoms with Crippen LogP contribution in [0, 0.1) is 13.8 Å². The maximum absolute atomic E-state index is 12.6. The van der Waals surface area contributed by atoms with Crippen molar-refractivity contribution >= 4 is 15.7 Å². The van der Waals surface area contributed by atoms with Gasteiger partial charge in [0.05, 0.1) is 11.0 Å². The van der Waals surface area contributed by atoms with Gasteiger partial charge >= 0.3 is 0 Å². The van der Waals surface area contributed by atoms with Crippen LogP contribution < -0.4 is 5.73 Å². The molecule has 6 heteroatoms. The summed E-state index contributed by atoms with van der Waals surface area (Å²) >= 11 is 0. The number of anilines is 1. The quantitative estimate of drug-likeness (QED) is 0.795. The molecule has 3 N–H and O–H groups in total. The van der Waals surface area contributed by atoms with Gasteiger partial charge in [-0.3, -0.25) is 0 Å². The van der Waals surface area contributed by atoms with E-state index in [1.165, 1.54) is 4.31 Å². The highest BCUT2D eigenvalue weighted by atomic mass is 32.2. The number of hydrogen-bond donors (Lipinski definition) is 2. The van der Waals surface area contributed by atoms with Gasteiger partial charge in [0.2, 0.25) is 10.0 Å². The molecule has 0 amide bonds. The Labute approximate surface area is 114 Å². The molecule has 19 heavy (non-hydrogen) atoms. The maximum Gasteiger partial charge on any atom is 0.243 e. The number of benzene rings is 1. The third-order valence-electron chi connectivity index (χ3n) is 3.59. The summed E-state index contributed by atoms with van der Waals surface area (Å²) in [5.74, 6) is 0. The van der Waals surface area contributed by atoms with Gasteiger partial charge in [-0.1, -0.05) is 0 Å². The first kappa shape index (κ1) is 14.3. The molecule has 1 aromatic carbocycles. The summed E-state index contributed by atoms with van der Waals surface area (Å²) < 4.78 is 26.6. The lowest BCUT2D eigenvalue weighted by Gasteiger charge is -2.29. The number of sulfonamides is 1. The van der Waals surface area contributed by atoms with Crippen LogP contribution >= 0.6 is 0 Å². The van der Waals surface area contributed by atoms with E-state index in [0.717, 1.165) is 5.56 Å². The van der Waals surface area contributed by atoms with Gasteiger partial charge < -0.3 is 10.8 Å². The van der Waals surface area contributed by atoms with E-state index >= 15 is 0 Å². The van der Waals surface area contributed by atoms with Crippen LogP contribution in [0.5, 0.6) is 0 Å². The highest BCUT2D eigenvalue weighted by molar-refractivity contribution is 7.89. The Morgan fingerprint density at radius 1 is 1.26 bits per heavy atom. The average molecular weight is 284 g/mol. The van der Waals surface area contributed by atoms with Crippen LogP contribution in [0.25, 0.3) is 0 Å². The molecule has 1 fully saturated rings. The van der Waals surface area contributed by atoms with E-state index in [4.69, 9.17) is 5.73 Å². The zero-order valence-corrected chi connectivity index (χ0v) is 12.1. The van der Waals surface area contributed by atoms with Crippen LogP contribution in [0.4, 0.5) is 5.69 Å². The Morgan fingerprint density at radius 3 is 2.42 bits per heavy atom. The number of nitrogen functional groups attached to an aromatic ring is 1. The Kier molecular flexibility index (Phi) is 3.85. The van der Waals surface area contributed by atoms with Crippen LogP contribution in [0.2, 0.25) is 0 Å². The minimum atomic E-state index is -3.52. The maximum atomic E-state index is 12.6. The van der Waals surface area contributed by atoms with Crippen molar-refractivity contribution < 1.29 is 13.5 Å². The predicted octanol–water partition coefficient (Wildman–Crippen LogP) is 1.03. The minimum Gasteiger partial charge on any atom is -0.398 e. The Bertz CT molecular complexity index is 576. The molecule has 106 valence electrons. The van der Waals surface area contributed by atoms with Gasteiger partial charge in [-0.25, -0.2) is 8.42 Å². The normalized spacial score (nSPS) is 18.7. The van der Waals surface area contributed by atoms with E-state index in [0.29, 0.717) is 37.2 Å². The zero-order valence-electron chi connectivity index (χ0n) is 11.3. The fourth-order valence-electron chi connectivity index (χ4n) is 2.34. The highest BCUT2D eigenvalue weighted by Gasteiger charge is 2.30. The molecule has 0 aromatic heterocycles. The Hall–Kier alpha value is -1.11. The van der Waals surface area contributed by atoms with Gasteiger partial charge in [0, 0.05) is 18.8 Å². The summed E-state index contributed by atoms with van der Waals surface area (Å²) in [5.41, 5.74) is 7.77. The van der Waals surface area contributed by atoms with Gasteiger partial charge in [0.25, 0.3) is 0 Å². The summed E-state index contributed by atoms with van der Waals surface area (Å²) in [6.45, 7) is 4.27. The van der Waals surface area contributed by atoms with E-state index in [9.17, 15) is 13.5 Å². The second-order valence-corrected chi connectivity index (χ2v) is 7.02. The van der Waals surface area contributed by atoms with E-state index in [1.807, 2.05) is 6.92 Å². The van der Waals surface area contributed by atoms with Crippen LogP contribution in [-0.4, -0.2) is 37.0 Å². The molecular formula is C13H20N2O3S. The molecule has 0 aliphatic carbocycles. The third kappa shape index (κ3) is 2.75. The van der Waals surface area contributed by atoms with Crippen molar-refractivity contribution in [1.82, 2.24) is 4.31 Å². The van der Waals surface area contributed by atoms with Crippen LogP contribution in [0.3, 0.4) is 0 Å². The van der Waals surface area contributed by atoms with E-state index in [-0.39, 0.29) is 4.90 Å². The number of rotatable bonds is 2. The lowest BCUT2D eigenvalue weighted by atomic mass is 10.1. The van der Waals surface area contributed by atoms with Crippen molar-refractivity contribution in [3.63, 3.8) is 0 Å². The summed E-state index contributed by atoms with van der Waals surface area (Å²) in [6, 6.07) is 3.43. The Balaban J connectivity index is 2.40. The first-order valence-electron chi connectivity index (χ1n) is 6.37. The van der Waals surface area contributed by atoms with Gasteiger partial charge in [-0.2, -0.15) is 4.31 Å². The largest absolute Gasteiger partial charge is 0.398 e. The average Bonchev–Trinajstić information content (AvgIpc) is 2.34. The summed E-state index contributed by atoms with van der Waals surface area (Å²) in [4.78, 5) is 0.279. The first-order chi connectivity index (χ1) is 8.82. The lowest BCUT2D eigenvalue weighted by Crippen LogP contribution is -2.40. The number of piperidine rings is 1. The number of aliphatic hydroxyl groups excluding tert-OH is 1.